The van der Waals surface area contributed by atoms with Crippen LogP contribution in [0.25, 0.3) is 11.1 Å². The van der Waals surface area contributed by atoms with E-state index in [4.69, 9.17) is 4.74 Å². The van der Waals surface area contributed by atoms with E-state index in [9.17, 15) is 18.0 Å². The van der Waals surface area contributed by atoms with E-state index in [0.717, 1.165) is 44.0 Å². The minimum absolute atomic E-state index is 0.0292. The third kappa shape index (κ3) is 6.80. The van der Waals surface area contributed by atoms with E-state index < -0.39 is 29.0 Å². The maximum absolute atomic E-state index is 15.4. The highest BCUT2D eigenvalue weighted by atomic mass is 19.4. The van der Waals surface area contributed by atoms with E-state index in [1.165, 1.54) is 6.07 Å². The highest BCUT2D eigenvalue weighted by molar-refractivity contribution is 6.09. The zero-order valence-electron chi connectivity index (χ0n) is 22.9. The van der Waals surface area contributed by atoms with Gasteiger partial charge in [-0.25, -0.2) is 4.39 Å². The molecule has 3 aliphatic heterocycles. The summed E-state index contributed by atoms with van der Waals surface area (Å²) in [5, 5.41) is 5.28. The minimum atomic E-state index is -4.75. The van der Waals surface area contributed by atoms with Crippen LogP contribution in [0.3, 0.4) is 0 Å². The summed E-state index contributed by atoms with van der Waals surface area (Å²) in [4.78, 5) is 19.7. The fraction of sp³-hybridized carbons (Fsp3) is 0.367. The zero-order chi connectivity index (χ0) is 29.1. The van der Waals surface area contributed by atoms with Crippen molar-refractivity contribution in [3.8, 4) is 11.1 Å². The van der Waals surface area contributed by atoms with Crippen LogP contribution < -0.4 is 15.5 Å². The van der Waals surface area contributed by atoms with Crippen LogP contribution in [0.15, 0.2) is 72.1 Å². The Morgan fingerprint density at radius 1 is 1.05 bits per heavy atom. The van der Waals surface area contributed by atoms with Crippen molar-refractivity contribution >= 4 is 17.3 Å². The summed E-state index contributed by atoms with van der Waals surface area (Å²) >= 11 is 0. The van der Waals surface area contributed by atoms with Gasteiger partial charge in [-0.2, -0.15) is 13.2 Å². The van der Waals surface area contributed by atoms with Crippen LogP contribution in [0.5, 0.6) is 0 Å². The number of nitrogens with zero attached hydrogens (tertiary/aromatic N) is 3. The minimum Gasteiger partial charge on any atom is -0.379 e. The van der Waals surface area contributed by atoms with Crippen molar-refractivity contribution in [3.63, 3.8) is 0 Å². The largest absolute Gasteiger partial charge is 0.417 e. The Morgan fingerprint density at radius 2 is 1.78 bits per heavy atom. The number of benzene rings is 2. The third-order valence-corrected chi connectivity index (χ3v) is 7.50. The van der Waals surface area contributed by atoms with Crippen LogP contribution in [0, 0.1) is 5.82 Å². The lowest BCUT2D eigenvalue weighted by molar-refractivity contribution is -0.115. The number of carbonyl (C=O) groups is 1. The Bertz CT molecular complexity index is 1370. The number of nitrogens with one attached hydrogen (secondary N) is 2. The maximum Gasteiger partial charge on any atom is 0.417 e. The first-order chi connectivity index (χ1) is 19.6. The fourth-order valence-corrected chi connectivity index (χ4v) is 5.18. The lowest BCUT2D eigenvalue weighted by Gasteiger charge is -2.35. The van der Waals surface area contributed by atoms with Crippen LogP contribution in [0.1, 0.15) is 5.56 Å². The molecule has 2 aromatic rings. The lowest BCUT2D eigenvalue weighted by Crippen LogP contribution is -2.44. The smallest absolute Gasteiger partial charge is 0.379 e. The van der Waals surface area contributed by atoms with Crippen LogP contribution in [0.4, 0.5) is 28.9 Å². The number of rotatable bonds is 6. The van der Waals surface area contributed by atoms with E-state index in [1.54, 1.807) is 24.3 Å². The molecule has 218 valence electrons. The summed E-state index contributed by atoms with van der Waals surface area (Å²) in [6.45, 7) is 9.89. The molecule has 0 bridgehead atoms. The molecule has 0 aromatic heterocycles. The molecule has 0 aliphatic carbocycles. The predicted molar refractivity (Wildman–Crippen MR) is 151 cm³/mol. The van der Waals surface area contributed by atoms with Gasteiger partial charge in [-0.1, -0.05) is 24.8 Å². The van der Waals surface area contributed by atoms with Crippen LogP contribution >= 0.6 is 0 Å². The highest BCUT2D eigenvalue weighted by Gasteiger charge is 2.39. The first-order valence-corrected chi connectivity index (χ1v) is 13.5. The average Bonchev–Trinajstić information content (AvgIpc) is 2.94. The summed E-state index contributed by atoms with van der Waals surface area (Å²) in [6.07, 6.45) is -2.93. The third-order valence-electron chi connectivity index (χ3n) is 7.50. The van der Waals surface area contributed by atoms with Gasteiger partial charge in [0.15, 0.2) is 0 Å². The van der Waals surface area contributed by atoms with E-state index in [-0.39, 0.29) is 5.70 Å². The van der Waals surface area contributed by atoms with Gasteiger partial charge in [0, 0.05) is 63.3 Å². The normalized spacial score (nSPS) is 19.0. The number of allylic oxidation sites excluding steroid dienone is 1. The summed E-state index contributed by atoms with van der Waals surface area (Å²) < 4.78 is 62.0. The van der Waals surface area contributed by atoms with Gasteiger partial charge < -0.3 is 25.2 Å². The zero-order valence-corrected chi connectivity index (χ0v) is 22.9. The summed E-state index contributed by atoms with van der Waals surface area (Å²) in [6, 6.07) is 10.3. The SMILES string of the molecule is C=C1C=C(C(F)(F)F)C(C(=O)Nc2cc(-c3ccc(CN4CCOCC4)cc3F)ccc2N2CCN(C)CC2)=CN1. The van der Waals surface area contributed by atoms with Gasteiger partial charge in [0.05, 0.1) is 35.7 Å². The van der Waals surface area contributed by atoms with Gasteiger partial charge in [-0.05, 0) is 42.4 Å². The predicted octanol–water partition coefficient (Wildman–Crippen LogP) is 4.50. The van der Waals surface area contributed by atoms with Gasteiger partial charge in [-0.15, -0.1) is 0 Å². The molecule has 2 saturated heterocycles. The number of alkyl halides is 3. The summed E-state index contributed by atoms with van der Waals surface area (Å²) in [5.74, 6) is -1.34. The number of likely N-dealkylation sites (N-methyl/N-ethyl adjacent to an activating group) is 1. The van der Waals surface area contributed by atoms with Gasteiger partial charge in [-0.3, -0.25) is 9.69 Å². The molecule has 0 radical (unpaired) electrons. The number of halogens is 4. The van der Waals surface area contributed by atoms with Crippen LogP contribution in [-0.2, 0) is 16.1 Å². The molecule has 2 fully saturated rings. The van der Waals surface area contributed by atoms with Gasteiger partial charge in [0.2, 0.25) is 0 Å². The molecule has 41 heavy (non-hydrogen) atoms. The highest BCUT2D eigenvalue weighted by Crippen LogP contribution is 2.37. The average molecular weight is 572 g/mol. The number of carbonyl (C=O) groups excluding carboxylic acids is 1. The van der Waals surface area contributed by atoms with Crippen LogP contribution in [0.2, 0.25) is 0 Å². The number of dihydropyridines is 1. The number of hydrogen-bond donors (Lipinski definition) is 2. The lowest BCUT2D eigenvalue weighted by atomic mass is 10.00. The van der Waals surface area contributed by atoms with Crippen molar-refractivity contribution in [3.05, 3.63) is 83.5 Å². The van der Waals surface area contributed by atoms with Gasteiger partial charge >= 0.3 is 6.18 Å². The molecular weight excluding hydrogens is 538 g/mol. The molecule has 0 spiro atoms. The Labute approximate surface area is 236 Å². The van der Waals surface area contributed by atoms with Crippen LogP contribution in [-0.4, -0.2) is 81.4 Å². The summed E-state index contributed by atoms with van der Waals surface area (Å²) in [7, 11) is 2.01. The monoisotopic (exact) mass is 571 g/mol. The Balaban J connectivity index is 1.45. The number of ether oxygens (including phenoxy) is 1. The molecule has 2 aromatic carbocycles. The van der Waals surface area contributed by atoms with Crippen molar-refractivity contribution in [2.45, 2.75) is 12.7 Å². The van der Waals surface area contributed by atoms with E-state index in [1.807, 2.05) is 13.1 Å². The van der Waals surface area contributed by atoms with Crippen molar-refractivity contribution in [1.29, 1.82) is 0 Å². The summed E-state index contributed by atoms with van der Waals surface area (Å²) in [5.41, 5.74) is 1.02. The second-order valence-corrected chi connectivity index (χ2v) is 10.5. The van der Waals surface area contributed by atoms with Gasteiger partial charge in [0.25, 0.3) is 5.91 Å². The van der Waals surface area contributed by atoms with E-state index in [0.29, 0.717) is 55.3 Å². The van der Waals surface area contributed by atoms with Crippen molar-refractivity contribution in [2.75, 3.05) is 69.7 Å². The molecule has 11 heteroatoms. The second kappa shape index (κ2) is 12.1. The maximum atomic E-state index is 15.4. The molecule has 1 amide bonds. The number of morpholine rings is 1. The molecule has 3 aliphatic rings. The number of hydrogen-bond acceptors (Lipinski definition) is 6. The first-order valence-electron chi connectivity index (χ1n) is 13.5. The molecule has 5 rings (SSSR count). The fourth-order valence-electron chi connectivity index (χ4n) is 5.18. The topological polar surface area (TPSA) is 60.1 Å². The standard InChI is InChI=1S/C30H33F4N5O2/c1-20-15-25(30(32,33)34)24(18-35-20)29(40)36-27-17-22(4-6-28(27)39-9-7-37(2)8-10-39)23-5-3-21(16-26(23)31)19-38-11-13-41-14-12-38/h3-6,15-18,35H,1,7-14,19H2,2H3,(H,36,40). The first kappa shape index (κ1) is 28.8. The molecule has 2 N–H and O–H groups in total. The number of piperazine rings is 1. The number of anilines is 2. The molecular formula is C30H33F4N5O2. The van der Waals surface area contributed by atoms with E-state index in [2.05, 4.69) is 31.9 Å². The molecule has 3 heterocycles. The van der Waals surface area contributed by atoms with Crippen molar-refractivity contribution in [2.24, 2.45) is 0 Å². The Morgan fingerprint density at radius 3 is 2.46 bits per heavy atom. The molecule has 0 unspecified atom stereocenters. The number of amides is 1. The molecule has 7 nitrogen and oxygen atoms in total. The van der Waals surface area contributed by atoms with Crippen molar-refractivity contribution in [1.82, 2.24) is 15.1 Å². The Kier molecular flexibility index (Phi) is 8.48. The molecule has 0 saturated carbocycles. The second-order valence-electron chi connectivity index (χ2n) is 10.5. The van der Waals surface area contributed by atoms with E-state index >= 15 is 4.39 Å². The van der Waals surface area contributed by atoms with Gasteiger partial charge in [0.1, 0.15) is 5.82 Å². The van der Waals surface area contributed by atoms with Crippen molar-refractivity contribution < 1.29 is 27.1 Å². The Hall–Kier alpha value is -3.67. The molecule has 0 atom stereocenters. The quantitative estimate of drug-likeness (QED) is 0.498.